The molecule has 0 saturated carbocycles. The Morgan fingerprint density at radius 2 is 1.81 bits per heavy atom. The second kappa shape index (κ2) is 7.02. The maximum atomic E-state index is 5.60. The predicted molar refractivity (Wildman–Crippen MR) is 82.1 cm³/mol. The van der Waals surface area contributed by atoms with Gasteiger partial charge in [-0.1, -0.05) is 0 Å². The summed E-state index contributed by atoms with van der Waals surface area (Å²) in [5, 5.41) is 3.28. The SMILES string of the molecule is CCOc1ccc(NCc2nc(C)c(C)o2)cc1OCC. The lowest BCUT2D eigenvalue weighted by Crippen LogP contribution is -2.02. The van der Waals surface area contributed by atoms with Gasteiger partial charge in [-0.3, -0.25) is 0 Å². The molecule has 0 aliphatic carbocycles. The van der Waals surface area contributed by atoms with E-state index in [4.69, 9.17) is 13.9 Å². The molecule has 0 atom stereocenters. The minimum atomic E-state index is 0.536. The quantitative estimate of drug-likeness (QED) is 0.842. The molecule has 1 aromatic carbocycles. The average molecular weight is 290 g/mol. The van der Waals surface area contributed by atoms with Crippen LogP contribution in [-0.2, 0) is 6.54 Å². The van der Waals surface area contributed by atoms with E-state index in [0.717, 1.165) is 28.6 Å². The van der Waals surface area contributed by atoms with E-state index in [9.17, 15) is 0 Å². The summed E-state index contributed by atoms with van der Waals surface area (Å²) >= 11 is 0. The monoisotopic (exact) mass is 290 g/mol. The molecule has 5 nitrogen and oxygen atoms in total. The van der Waals surface area contributed by atoms with Crippen LogP contribution < -0.4 is 14.8 Å². The number of hydrogen-bond acceptors (Lipinski definition) is 5. The van der Waals surface area contributed by atoms with E-state index in [1.165, 1.54) is 0 Å². The van der Waals surface area contributed by atoms with E-state index in [0.29, 0.717) is 25.6 Å². The number of anilines is 1. The average Bonchev–Trinajstić information content (AvgIpc) is 2.78. The van der Waals surface area contributed by atoms with Crippen LogP contribution in [0.5, 0.6) is 11.5 Å². The minimum absolute atomic E-state index is 0.536. The van der Waals surface area contributed by atoms with Crippen LogP contribution >= 0.6 is 0 Å². The van der Waals surface area contributed by atoms with Crippen molar-refractivity contribution in [3.05, 3.63) is 35.5 Å². The first-order chi connectivity index (χ1) is 10.1. The first-order valence-corrected chi connectivity index (χ1v) is 7.20. The number of nitrogens with zero attached hydrogens (tertiary/aromatic N) is 1. The number of ether oxygens (including phenoxy) is 2. The summed E-state index contributed by atoms with van der Waals surface area (Å²) in [4.78, 5) is 4.35. The summed E-state index contributed by atoms with van der Waals surface area (Å²) in [6.07, 6.45) is 0. The molecule has 21 heavy (non-hydrogen) atoms. The van der Waals surface area contributed by atoms with Gasteiger partial charge in [0.25, 0.3) is 0 Å². The molecule has 0 radical (unpaired) electrons. The van der Waals surface area contributed by atoms with Crippen LogP contribution in [0.2, 0.25) is 0 Å². The molecule has 0 amide bonds. The number of aromatic nitrogens is 1. The number of benzene rings is 1. The molecule has 0 fully saturated rings. The molecule has 0 aliphatic rings. The number of oxazole rings is 1. The zero-order valence-corrected chi connectivity index (χ0v) is 13.0. The van der Waals surface area contributed by atoms with E-state index in [2.05, 4.69) is 10.3 Å². The van der Waals surface area contributed by atoms with E-state index in [1.54, 1.807) is 0 Å². The molecule has 2 aromatic rings. The number of aryl methyl sites for hydroxylation is 2. The Balaban J connectivity index is 2.07. The second-order valence-electron chi connectivity index (χ2n) is 4.63. The van der Waals surface area contributed by atoms with Crippen LogP contribution in [0.25, 0.3) is 0 Å². The fourth-order valence-electron chi connectivity index (χ4n) is 1.95. The number of rotatable bonds is 7. The smallest absolute Gasteiger partial charge is 0.213 e. The number of hydrogen-bond donors (Lipinski definition) is 1. The van der Waals surface area contributed by atoms with Crippen LogP contribution in [0.4, 0.5) is 5.69 Å². The summed E-state index contributed by atoms with van der Waals surface area (Å²) in [7, 11) is 0. The largest absolute Gasteiger partial charge is 0.490 e. The van der Waals surface area contributed by atoms with Gasteiger partial charge in [-0.25, -0.2) is 4.98 Å². The van der Waals surface area contributed by atoms with Crippen molar-refractivity contribution in [2.24, 2.45) is 0 Å². The van der Waals surface area contributed by atoms with Crippen molar-refractivity contribution in [2.75, 3.05) is 18.5 Å². The van der Waals surface area contributed by atoms with E-state index in [1.807, 2.05) is 45.9 Å². The van der Waals surface area contributed by atoms with Crippen molar-refractivity contribution in [1.82, 2.24) is 4.98 Å². The minimum Gasteiger partial charge on any atom is -0.490 e. The lowest BCUT2D eigenvalue weighted by molar-refractivity contribution is 0.288. The molecule has 5 heteroatoms. The Hall–Kier alpha value is -2.17. The van der Waals surface area contributed by atoms with Gasteiger partial charge in [0.2, 0.25) is 5.89 Å². The Bertz CT molecular complexity index is 574. The van der Waals surface area contributed by atoms with Crippen molar-refractivity contribution in [3.63, 3.8) is 0 Å². The fourth-order valence-corrected chi connectivity index (χ4v) is 1.95. The maximum Gasteiger partial charge on any atom is 0.213 e. The molecule has 114 valence electrons. The molecule has 0 aliphatic heterocycles. The molecule has 0 spiro atoms. The summed E-state index contributed by atoms with van der Waals surface area (Å²) in [5.41, 5.74) is 1.86. The highest BCUT2D eigenvalue weighted by Gasteiger charge is 2.08. The molecule has 2 rings (SSSR count). The van der Waals surface area contributed by atoms with Gasteiger partial charge in [-0.2, -0.15) is 0 Å². The van der Waals surface area contributed by atoms with Gasteiger partial charge in [0.1, 0.15) is 5.76 Å². The third kappa shape index (κ3) is 3.90. The molecule has 1 N–H and O–H groups in total. The predicted octanol–water partition coefficient (Wildman–Crippen LogP) is 3.70. The highest BCUT2D eigenvalue weighted by molar-refractivity contribution is 5.54. The van der Waals surface area contributed by atoms with Crippen molar-refractivity contribution in [2.45, 2.75) is 34.2 Å². The Morgan fingerprint density at radius 3 is 2.43 bits per heavy atom. The first-order valence-electron chi connectivity index (χ1n) is 7.20. The number of nitrogens with one attached hydrogen (secondary N) is 1. The summed E-state index contributed by atoms with van der Waals surface area (Å²) < 4.78 is 16.7. The van der Waals surface area contributed by atoms with Crippen LogP contribution in [-0.4, -0.2) is 18.2 Å². The van der Waals surface area contributed by atoms with Crippen LogP contribution in [0.15, 0.2) is 22.6 Å². The summed E-state index contributed by atoms with van der Waals surface area (Å²) in [6, 6.07) is 5.79. The second-order valence-corrected chi connectivity index (χ2v) is 4.63. The molecular formula is C16H22N2O3. The van der Waals surface area contributed by atoms with Gasteiger partial charge in [0.05, 0.1) is 25.5 Å². The third-order valence-corrected chi connectivity index (χ3v) is 3.06. The zero-order valence-electron chi connectivity index (χ0n) is 13.0. The highest BCUT2D eigenvalue weighted by Crippen LogP contribution is 2.30. The molecule has 1 aromatic heterocycles. The van der Waals surface area contributed by atoms with Crippen molar-refractivity contribution < 1.29 is 13.9 Å². The van der Waals surface area contributed by atoms with Crippen LogP contribution in [0.3, 0.4) is 0 Å². The van der Waals surface area contributed by atoms with Crippen molar-refractivity contribution >= 4 is 5.69 Å². The fraction of sp³-hybridized carbons (Fsp3) is 0.438. The Kier molecular flexibility index (Phi) is 5.09. The van der Waals surface area contributed by atoms with Crippen LogP contribution in [0, 0.1) is 13.8 Å². The molecule has 0 unspecified atom stereocenters. The Labute approximate surface area is 125 Å². The lowest BCUT2D eigenvalue weighted by Gasteiger charge is -2.12. The van der Waals surface area contributed by atoms with Gasteiger partial charge in [0, 0.05) is 11.8 Å². The third-order valence-electron chi connectivity index (χ3n) is 3.06. The topological polar surface area (TPSA) is 56.5 Å². The normalized spacial score (nSPS) is 10.5. The van der Waals surface area contributed by atoms with Crippen molar-refractivity contribution in [1.29, 1.82) is 0 Å². The lowest BCUT2D eigenvalue weighted by atomic mass is 10.2. The van der Waals surface area contributed by atoms with Gasteiger partial charge in [0.15, 0.2) is 11.5 Å². The highest BCUT2D eigenvalue weighted by atomic mass is 16.5. The van der Waals surface area contributed by atoms with Gasteiger partial charge < -0.3 is 19.2 Å². The van der Waals surface area contributed by atoms with Gasteiger partial charge in [-0.05, 0) is 39.8 Å². The zero-order chi connectivity index (χ0) is 15.2. The maximum absolute atomic E-state index is 5.60. The van der Waals surface area contributed by atoms with E-state index in [-0.39, 0.29) is 0 Å². The standard InChI is InChI=1S/C16H22N2O3/c1-5-19-14-8-7-13(9-15(14)20-6-2)17-10-16-18-11(3)12(4)21-16/h7-9,17H,5-6,10H2,1-4H3. The molecule has 0 saturated heterocycles. The molecule has 0 bridgehead atoms. The van der Waals surface area contributed by atoms with Crippen LogP contribution in [0.1, 0.15) is 31.2 Å². The molecule has 1 heterocycles. The summed E-state index contributed by atoms with van der Waals surface area (Å²) in [5.74, 6) is 3.03. The molecular weight excluding hydrogens is 268 g/mol. The van der Waals surface area contributed by atoms with E-state index < -0.39 is 0 Å². The summed E-state index contributed by atoms with van der Waals surface area (Å²) in [6.45, 7) is 9.50. The van der Waals surface area contributed by atoms with Gasteiger partial charge in [-0.15, -0.1) is 0 Å². The Morgan fingerprint density at radius 1 is 1.10 bits per heavy atom. The first kappa shape index (κ1) is 15.2. The van der Waals surface area contributed by atoms with Crippen molar-refractivity contribution in [3.8, 4) is 11.5 Å². The van der Waals surface area contributed by atoms with Gasteiger partial charge >= 0.3 is 0 Å². The van der Waals surface area contributed by atoms with E-state index >= 15 is 0 Å².